The van der Waals surface area contributed by atoms with E-state index in [1.54, 1.807) is 6.92 Å². The zero-order valence-corrected chi connectivity index (χ0v) is 15.0. The number of halogens is 5. The molecule has 0 aliphatic carbocycles. The van der Waals surface area contributed by atoms with Crippen LogP contribution in [0.25, 0.3) is 0 Å². The van der Waals surface area contributed by atoms with Crippen molar-refractivity contribution >= 4 is 11.9 Å². The van der Waals surface area contributed by atoms with E-state index in [0.717, 1.165) is 19.3 Å². The van der Waals surface area contributed by atoms with E-state index in [1.807, 2.05) is 6.92 Å². The molecule has 152 valence electrons. The SMILES string of the molecule is CCCCCC(C)OC(=O)CCCC(=O)Oc1c(F)c(F)c(F)c(F)c1F. The van der Waals surface area contributed by atoms with E-state index in [-0.39, 0.29) is 18.9 Å². The third-order valence-electron chi connectivity index (χ3n) is 3.69. The number of rotatable bonds is 10. The maximum Gasteiger partial charge on any atom is 0.311 e. The lowest BCUT2D eigenvalue weighted by atomic mass is 10.1. The highest BCUT2D eigenvalue weighted by atomic mass is 19.2. The quantitative estimate of drug-likeness (QED) is 0.140. The van der Waals surface area contributed by atoms with Crippen LogP contribution in [0.3, 0.4) is 0 Å². The maximum absolute atomic E-state index is 13.4. The second-order valence-electron chi connectivity index (χ2n) is 6.02. The van der Waals surface area contributed by atoms with Crippen LogP contribution in [0, 0.1) is 29.1 Å². The predicted molar refractivity (Wildman–Crippen MR) is 85.4 cm³/mol. The number of carbonyl (C=O) groups is 2. The zero-order chi connectivity index (χ0) is 20.6. The Labute approximate surface area is 153 Å². The lowest BCUT2D eigenvalue weighted by molar-refractivity contribution is -0.148. The normalized spacial score (nSPS) is 12.0. The van der Waals surface area contributed by atoms with E-state index in [9.17, 15) is 31.5 Å². The largest absolute Gasteiger partial charge is 0.463 e. The standard InChI is InChI=1S/C18H21F5O4/c1-3-4-5-7-10(2)26-11(24)8-6-9-12(25)27-18-16(22)14(20)13(19)15(21)17(18)23/h10H,3-9H2,1-2H3. The minimum atomic E-state index is -2.35. The smallest absolute Gasteiger partial charge is 0.311 e. The van der Waals surface area contributed by atoms with Crippen LogP contribution >= 0.6 is 0 Å². The van der Waals surface area contributed by atoms with Crippen molar-refractivity contribution in [2.45, 2.75) is 64.9 Å². The fourth-order valence-electron chi connectivity index (χ4n) is 2.24. The molecular weight excluding hydrogens is 375 g/mol. The van der Waals surface area contributed by atoms with Gasteiger partial charge in [-0.05, 0) is 26.2 Å². The molecule has 9 heteroatoms. The Morgan fingerprint density at radius 2 is 1.33 bits per heavy atom. The first-order valence-corrected chi connectivity index (χ1v) is 8.60. The molecule has 1 aromatic carbocycles. The van der Waals surface area contributed by atoms with Gasteiger partial charge < -0.3 is 9.47 Å². The van der Waals surface area contributed by atoms with Gasteiger partial charge in [0.25, 0.3) is 0 Å². The summed E-state index contributed by atoms with van der Waals surface area (Å²) in [5.41, 5.74) is 0. The molecule has 0 fully saturated rings. The van der Waals surface area contributed by atoms with Gasteiger partial charge in [0.15, 0.2) is 0 Å². The number of hydrogen-bond acceptors (Lipinski definition) is 4. The number of ether oxygens (including phenoxy) is 2. The maximum atomic E-state index is 13.4. The van der Waals surface area contributed by atoms with E-state index >= 15 is 0 Å². The summed E-state index contributed by atoms with van der Waals surface area (Å²) in [6.45, 7) is 3.78. The summed E-state index contributed by atoms with van der Waals surface area (Å²) < 4.78 is 75.2. The minimum Gasteiger partial charge on any atom is -0.463 e. The highest BCUT2D eigenvalue weighted by Gasteiger charge is 2.28. The molecule has 1 aromatic rings. The van der Waals surface area contributed by atoms with Gasteiger partial charge in [-0.2, -0.15) is 8.78 Å². The van der Waals surface area contributed by atoms with Crippen LogP contribution in [0.5, 0.6) is 5.75 Å². The van der Waals surface area contributed by atoms with Gasteiger partial charge in [0.1, 0.15) is 0 Å². The number of benzene rings is 1. The molecule has 0 radical (unpaired) electrons. The van der Waals surface area contributed by atoms with E-state index in [2.05, 4.69) is 4.74 Å². The van der Waals surface area contributed by atoms with Crippen LogP contribution in [0.15, 0.2) is 0 Å². The first kappa shape index (κ1) is 22.9. The van der Waals surface area contributed by atoms with Crippen molar-refractivity contribution in [2.75, 3.05) is 0 Å². The Hall–Kier alpha value is -2.19. The molecule has 0 amide bonds. The highest BCUT2D eigenvalue weighted by molar-refractivity contribution is 5.74. The summed E-state index contributed by atoms with van der Waals surface area (Å²) in [5.74, 6) is -14.7. The lowest BCUT2D eigenvalue weighted by Crippen LogP contribution is -2.16. The van der Waals surface area contributed by atoms with Gasteiger partial charge in [-0.1, -0.05) is 19.8 Å². The average molecular weight is 396 g/mol. The predicted octanol–water partition coefficient (Wildman–Crippen LogP) is 4.97. The Bertz CT molecular complexity index is 649. The van der Waals surface area contributed by atoms with Crippen molar-refractivity contribution in [3.63, 3.8) is 0 Å². The van der Waals surface area contributed by atoms with Crippen LogP contribution in [-0.2, 0) is 14.3 Å². The van der Waals surface area contributed by atoms with Gasteiger partial charge in [0, 0.05) is 12.8 Å². The molecule has 1 rings (SSSR count). The van der Waals surface area contributed by atoms with Crippen molar-refractivity contribution in [3.05, 3.63) is 29.1 Å². The second-order valence-corrected chi connectivity index (χ2v) is 6.02. The molecule has 0 saturated carbocycles. The van der Waals surface area contributed by atoms with Gasteiger partial charge in [0.2, 0.25) is 34.8 Å². The van der Waals surface area contributed by atoms with Crippen LogP contribution in [0.1, 0.15) is 58.8 Å². The van der Waals surface area contributed by atoms with Crippen molar-refractivity contribution in [1.29, 1.82) is 0 Å². The summed E-state index contributed by atoms with van der Waals surface area (Å²) in [7, 11) is 0. The second kappa shape index (κ2) is 10.8. The van der Waals surface area contributed by atoms with Crippen molar-refractivity contribution in [2.24, 2.45) is 0 Å². The topological polar surface area (TPSA) is 52.6 Å². The molecular formula is C18H21F5O4. The molecule has 0 aliphatic rings. The number of unbranched alkanes of at least 4 members (excludes halogenated alkanes) is 2. The third-order valence-corrected chi connectivity index (χ3v) is 3.69. The zero-order valence-electron chi connectivity index (χ0n) is 15.0. The average Bonchev–Trinajstić information content (AvgIpc) is 2.62. The van der Waals surface area contributed by atoms with Crippen molar-refractivity contribution < 1.29 is 41.0 Å². The van der Waals surface area contributed by atoms with Gasteiger partial charge >= 0.3 is 11.9 Å². The molecule has 0 saturated heterocycles. The number of carbonyl (C=O) groups excluding carboxylic acids is 2. The number of hydrogen-bond donors (Lipinski definition) is 0. The third kappa shape index (κ3) is 6.80. The minimum absolute atomic E-state index is 0.0608. The molecule has 0 aromatic heterocycles. The Morgan fingerprint density at radius 3 is 1.89 bits per heavy atom. The number of esters is 2. The molecule has 0 aliphatic heterocycles. The fourth-order valence-corrected chi connectivity index (χ4v) is 2.24. The van der Waals surface area contributed by atoms with E-state index in [0.29, 0.717) is 6.42 Å². The van der Waals surface area contributed by atoms with Crippen LogP contribution in [0.2, 0.25) is 0 Å². The Morgan fingerprint density at radius 1 is 0.815 bits per heavy atom. The summed E-state index contributed by atoms with van der Waals surface area (Å²) in [6, 6.07) is 0. The van der Waals surface area contributed by atoms with E-state index < -0.39 is 53.2 Å². The Balaban J connectivity index is 2.48. The fraction of sp³-hybridized carbons (Fsp3) is 0.556. The molecule has 0 heterocycles. The summed E-state index contributed by atoms with van der Waals surface area (Å²) in [4.78, 5) is 23.2. The van der Waals surface area contributed by atoms with Gasteiger partial charge in [-0.15, -0.1) is 0 Å². The first-order chi connectivity index (χ1) is 12.7. The van der Waals surface area contributed by atoms with Crippen molar-refractivity contribution in [1.82, 2.24) is 0 Å². The first-order valence-electron chi connectivity index (χ1n) is 8.60. The molecule has 27 heavy (non-hydrogen) atoms. The van der Waals surface area contributed by atoms with Gasteiger partial charge in [-0.3, -0.25) is 9.59 Å². The van der Waals surface area contributed by atoms with Crippen LogP contribution < -0.4 is 4.74 Å². The highest BCUT2D eigenvalue weighted by Crippen LogP contribution is 2.29. The summed E-state index contributed by atoms with van der Waals surface area (Å²) in [5, 5.41) is 0. The molecule has 4 nitrogen and oxygen atoms in total. The molecule has 0 N–H and O–H groups in total. The van der Waals surface area contributed by atoms with E-state index in [4.69, 9.17) is 4.74 Å². The van der Waals surface area contributed by atoms with Crippen LogP contribution in [-0.4, -0.2) is 18.0 Å². The van der Waals surface area contributed by atoms with E-state index in [1.165, 1.54) is 0 Å². The van der Waals surface area contributed by atoms with Gasteiger partial charge in [-0.25, -0.2) is 13.2 Å². The van der Waals surface area contributed by atoms with Crippen molar-refractivity contribution in [3.8, 4) is 5.75 Å². The molecule has 0 bridgehead atoms. The summed E-state index contributed by atoms with van der Waals surface area (Å²) >= 11 is 0. The van der Waals surface area contributed by atoms with Crippen LogP contribution in [0.4, 0.5) is 22.0 Å². The monoisotopic (exact) mass is 396 g/mol. The lowest BCUT2D eigenvalue weighted by Gasteiger charge is -2.13. The molecule has 1 unspecified atom stereocenters. The molecule has 0 spiro atoms. The summed E-state index contributed by atoms with van der Waals surface area (Å²) in [6.07, 6.45) is 2.74. The van der Waals surface area contributed by atoms with Gasteiger partial charge in [0.05, 0.1) is 6.10 Å². The Kier molecular flexibility index (Phi) is 9.17. The molecule has 1 atom stereocenters.